The summed E-state index contributed by atoms with van der Waals surface area (Å²) >= 11 is 0. The highest BCUT2D eigenvalue weighted by atomic mass is 16.6. The van der Waals surface area contributed by atoms with E-state index in [-0.39, 0.29) is 23.4 Å². The molecular weight excluding hydrogens is 340 g/mol. The summed E-state index contributed by atoms with van der Waals surface area (Å²) in [6.07, 6.45) is 5.52. The topological polar surface area (TPSA) is 60.4 Å². The predicted molar refractivity (Wildman–Crippen MR) is 106 cm³/mol. The Morgan fingerprint density at radius 3 is 2.15 bits per heavy atom. The molecule has 2 rings (SSSR count). The fourth-order valence-corrected chi connectivity index (χ4v) is 4.56. The Hall–Kier alpha value is -1.71. The minimum absolute atomic E-state index is 0.00446. The molecule has 2 aliphatic rings. The predicted octanol–water partition coefficient (Wildman–Crippen LogP) is 4.82. The molecule has 2 bridgehead atoms. The van der Waals surface area contributed by atoms with E-state index < -0.39 is 22.4 Å². The van der Waals surface area contributed by atoms with Crippen LogP contribution in [0.1, 0.15) is 74.7 Å². The largest absolute Gasteiger partial charge is 0.441 e. The molecule has 27 heavy (non-hydrogen) atoms. The van der Waals surface area contributed by atoms with Gasteiger partial charge in [0, 0.05) is 11.3 Å². The maximum Gasteiger partial charge on any atom is 0.321 e. The number of fused-ring (bicyclic) bond motifs is 2. The van der Waals surface area contributed by atoms with Crippen LogP contribution in [0.2, 0.25) is 0 Å². The molecule has 0 unspecified atom stereocenters. The van der Waals surface area contributed by atoms with Crippen LogP contribution in [0.3, 0.4) is 0 Å². The fraction of sp³-hybridized carbons (Fsp3) is 0.696. The first-order chi connectivity index (χ1) is 12.3. The summed E-state index contributed by atoms with van der Waals surface area (Å²) in [5.74, 6) is -1.50. The van der Waals surface area contributed by atoms with Gasteiger partial charge in [0.1, 0.15) is 5.41 Å². The third-order valence-corrected chi connectivity index (χ3v) is 6.45. The molecule has 4 nitrogen and oxygen atoms in total. The van der Waals surface area contributed by atoms with E-state index >= 15 is 0 Å². The summed E-state index contributed by atoms with van der Waals surface area (Å²) in [6.45, 7) is 15.3. The van der Waals surface area contributed by atoms with Crippen molar-refractivity contribution in [1.29, 1.82) is 0 Å². The van der Waals surface area contributed by atoms with Crippen molar-refractivity contribution in [2.24, 2.45) is 22.7 Å². The van der Waals surface area contributed by atoms with Gasteiger partial charge in [-0.2, -0.15) is 0 Å². The molecule has 0 aromatic rings. The van der Waals surface area contributed by atoms with Crippen molar-refractivity contribution in [2.75, 3.05) is 0 Å². The summed E-state index contributed by atoms with van der Waals surface area (Å²) in [5.41, 5.74) is -1.44. The van der Waals surface area contributed by atoms with E-state index in [0.29, 0.717) is 12.8 Å². The Morgan fingerprint density at radius 2 is 1.67 bits per heavy atom. The van der Waals surface area contributed by atoms with Crippen LogP contribution >= 0.6 is 0 Å². The van der Waals surface area contributed by atoms with Crippen LogP contribution in [0.4, 0.5) is 0 Å². The van der Waals surface area contributed by atoms with E-state index in [1.807, 2.05) is 47.6 Å². The molecule has 1 aliphatic carbocycles. The van der Waals surface area contributed by atoms with E-state index in [9.17, 15) is 14.4 Å². The zero-order chi connectivity index (χ0) is 20.8. The van der Waals surface area contributed by atoms with Crippen molar-refractivity contribution < 1.29 is 19.1 Å². The molecule has 0 spiro atoms. The highest BCUT2D eigenvalue weighted by molar-refractivity contribution is 6.25. The van der Waals surface area contributed by atoms with Crippen LogP contribution in [-0.4, -0.2) is 23.1 Å². The van der Waals surface area contributed by atoms with Gasteiger partial charge in [-0.05, 0) is 52.9 Å². The first-order valence-corrected chi connectivity index (χ1v) is 9.92. The van der Waals surface area contributed by atoms with Crippen LogP contribution in [0, 0.1) is 22.7 Å². The van der Waals surface area contributed by atoms with Crippen molar-refractivity contribution in [3.8, 4) is 0 Å². The van der Waals surface area contributed by atoms with Crippen molar-refractivity contribution >= 4 is 17.5 Å². The second kappa shape index (κ2) is 7.03. The van der Waals surface area contributed by atoms with Gasteiger partial charge in [0.15, 0.2) is 5.78 Å². The average Bonchev–Trinajstić information content (AvgIpc) is 2.73. The lowest BCUT2D eigenvalue weighted by molar-refractivity contribution is -0.179. The minimum atomic E-state index is -1.67. The Labute approximate surface area is 163 Å². The molecule has 150 valence electrons. The molecule has 1 saturated carbocycles. The number of Topliss-reactive ketones (excluding diaryl/α,β-unsaturated/α-hetero) is 2. The highest BCUT2D eigenvalue weighted by Gasteiger charge is 2.77. The van der Waals surface area contributed by atoms with Gasteiger partial charge in [-0.3, -0.25) is 14.4 Å². The lowest BCUT2D eigenvalue weighted by Crippen LogP contribution is -2.65. The van der Waals surface area contributed by atoms with E-state index in [2.05, 4.69) is 6.08 Å². The molecule has 0 amide bonds. The summed E-state index contributed by atoms with van der Waals surface area (Å²) in [7, 11) is 0. The molecule has 1 saturated heterocycles. The number of carbonyl (C=O) groups excluding carboxylic acids is 3. The van der Waals surface area contributed by atoms with Crippen LogP contribution < -0.4 is 0 Å². The number of allylic oxidation sites excluding steroid dienone is 4. The average molecular weight is 375 g/mol. The van der Waals surface area contributed by atoms with Crippen LogP contribution in [0.15, 0.2) is 23.3 Å². The molecule has 3 atom stereocenters. The summed E-state index contributed by atoms with van der Waals surface area (Å²) in [5, 5.41) is 0. The number of hydrogen-bond acceptors (Lipinski definition) is 4. The molecular formula is C23H34O4. The first-order valence-electron chi connectivity index (χ1n) is 9.92. The molecule has 1 heterocycles. The third-order valence-electron chi connectivity index (χ3n) is 6.45. The molecule has 0 aromatic carbocycles. The lowest BCUT2D eigenvalue weighted by atomic mass is 9.50. The second-order valence-corrected chi connectivity index (χ2v) is 9.63. The van der Waals surface area contributed by atoms with Gasteiger partial charge in [-0.15, -0.1) is 0 Å². The number of esters is 1. The molecule has 1 aliphatic heterocycles. The Bertz CT molecular complexity index is 717. The van der Waals surface area contributed by atoms with Gasteiger partial charge in [0.2, 0.25) is 11.4 Å². The molecule has 0 N–H and O–H groups in total. The zero-order valence-electron chi connectivity index (χ0n) is 18.1. The van der Waals surface area contributed by atoms with Crippen molar-refractivity contribution in [2.45, 2.75) is 80.3 Å². The lowest BCUT2D eigenvalue weighted by Gasteiger charge is -2.50. The minimum Gasteiger partial charge on any atom is -0.441 e. The highest BCUT2D eigenvalue weighted by Crippen LogP contribution is 2.62. The van der Waals surface area contributed by atoms with Gasteiger partial charge in [-0.25, -0.2) is 0 Å². The normalized spacial score (nSPS) is 31.5. The number of carbonyl (C=O) groups is 3. The van der Waals surface area contributed by atoms with Crippen LogP contribution in [0.5, 0.6) is 0 Å². The summed E-state index contributed by atoms with van der Waals surface area (Å²) < 4.78 is 5.81. The van der Waals surface area contributed by atoms with Gasteiger partial charge in [0.25, 0.3) is 0 Å². The molecule has 0 radical (unpaired) electrons. The zero-order valence-corrected chi connectivity index (χ0v) is 18.1. The Morgan fingerprint density at radius 1 is 1.11 bits per heavy atom. The second-order valence-electron chi connectivity index (χ2n) is 9.63. The van der Waals surface area contributed by atoms with Gasteiger partial charge in [0.05, 0.1) is 0 Å². The van der Waals surface area contributed by atoms with Crippen molar-refractivity contribution in [3.63, 3.8) is 0 Å². The Balaban J connectivity index is 2.68. The first kappa shape index (κ1) is 21.6. The van der Waals surface area contributed by atoms with Crippen LogP contribution in [-0.2, 0) is 19.1 Å². The van der Waals surface area contributed by atoms with Crippen molar-refractivity contribution in [1.82, 2.24) is 0 Å². The number of hydrogen-bond donors (Lipinski definition) is 0. The molecule has 2 fully saturated rings. The summed E-state index contributed by atoms with van der Waals surface area (Å²) in [6, 6.07) is 0. The molecule has 0 aromatic heterocycles. The van der Waals surface area contributed by atoms with Gasteiger partial charge < -0.3 is 4.74 Å². The third kappa shape index (κ3) is 3.11. The Kier molecular flexibility index (Phi) is 5.62. The molecule has 4 heteroatoms. The SMILES string of the molecule is CC(C)=CC[C@@H]1C[C@@]2(CC=C(C)C)C(=O)O[C@](C(=O)C(C)C)(C2=O)C1(C)C. The van der Waals surface area contributed by atoms with Gasteiger partial charge >= 0.3 is 5.97 Å². The van der Waals surface area contributed by atoms with Gasteiger partial charge in [-0.1, -0.05) is 51.0 Å². The summed E-state index contributed by atoms with van der Waals surface area (Å²) in [4.78, 5) is 40.0. The standard InChI is InChI=1S/C23H34O4/c1-14(2)9-10-17-13-22(12-11-15(3)4)19(25)23(21(17,7)8,27-20(22)26)18(24)16(5)6/h9,11,16-17H,10,12-13H2,1-8H3/t17-,22-,23-/m1/s1. The quantitative estimate of drug-likeness (QED) is 0.380. The van der Waals surface area contributed by atoms with E-state index in [0.717, 1.165) is 12.0 Å². The van der Waals surface area contributed by atoms with E-state index in [1.54, 1.807) is 13.8 Å². The maximum atomic E-state index is 13.7. The maximum absolute atomic E-state index is 13.7. The fourth-order valence-electron chi connectivity index (χ4n) is 4.56. The van der Waals surface area contributed by atoms with E-state index in [1.165, 1.54) is 5.57 Å². The monoisotopic (exact) mass is 374 g/mol. The van der Waals surface area contributed by atoms with Crippen LogP contribution in [0.25, 0.3) is 0 Å². The number of ether oxygens (including phenoxy) is 1. The smallest absolute Gasteiger partial charge is 0.321 e. The number of rotatable bonds is 6. The van der Waals surface area contributed by atoms with Crippen molar-refractivity contribution in [3.05, 3.63) is 23.3 Å². The van der Waals surface area contributed by atoms with E-state index in [4.69, 9.17) is 4.74 Å². The number of ketones is 2.